The molecule has 0 aliphatic carbocycles. The van der Waals surface area contributed by atoms with Gasteiger partial charge in [-0.2, -0.15) is 8.42 Å². The largest absolute Gasteiger partial charge is 0.449 e. The van der Waals surface area contributed by atoms with Gasteiger partial charge >= 0.3 is 0 Å². The Bertz CT molecular complexity index is 658. The van der Waals surface area contributed by atoms with Crippen molar-refractivity contribution in [2.24, 2.45) is 0 Å². The molecule has 0 fully saturated rings. The van der Waals surface area contributed by atoms with Gasteiger partial charge in [0.2, 0.25) is 5.79 Å². The highest BCUT2D eigenvalue weighted by Crippen LogP contribution is 2.42. The number of hydrogen-bond acceptors (Lipinski definition) is 7. The van der Waals surface area contributed by atoms with E-state index in [1.807, 2.05) is 0 Å². The summed E-state index contributed by atoms with van der Waals surface area (Å²) in [6, 6.07) is 4.11. The van der Waals surface area contributed by atoms with Gasteiger partial charge in [0, 0.05) is 19.4 Å². The summed E-state index contributed by atoms with van der Waals surface area (Å²) in [4.78, 5) is 10.2. The van der Waals surface area contributed by atoms with Gasteiger partial charge in [0.15, 0.2) is 11.5 Å². The topological polar surface area (TPSA) is 105 Å². The number of fused-ring (bicyclic) bond motifs is 1. The Morgan fingerprint density at radius 2 is 2.00 bits per heavy atom. The van der Waals surface area contributed by atoms with Gasteiger partial charge in [-0.05, 0) is 12.5 Å². The Hall–Kier alpha value is -1.87. The van der Waals surface area contributed by atoms with Crippen molar-refractivity contribution in [3.05, 3.63) is 28.3 Å². The molecule has 1 heterocycles. The van der Waals surface area contributed by atoms with Gasteiger partial charge in [-0.25, -0.2) is 0 Å². The molecule has 1 aliphatic rings. The van der Waals surface area contributed by atoms with Crippen molar-refractivity contribution >= 4 is 15.8 Å². The molecule has 0 amide bonds. The van der Waals surface area contributed by atoms with Crippen molar-refractivity contribution in [2.75, 3.05) is 12.9 Å². The van der Waals surface area contributed by atoms with Crippen LogP contribution in [-0.2, 0) is 14.3 Å². The summed E-state index contributed by atoms with van der Waals surface area (Å²) in [6.45, 7) is 1.71. The molecular formula is C12H15NO7S. The Morgan fingerprint density at radius 1 is 1.33 bits per heavy atom. The number of benzene rings is 1. The first-order valence-corrected chi connectivity index (χ1v) is 8.01. The van der Waals surface area contributed by atoms with E-state index < -0.39 is 20.8 Å². The highest BCUT2D eigenvalue weighted by atomic mass is 32.2. The molecule has 21 heavy (non-hydrogen) atoms. The molecule has 1 aromatic rings. The van der Waals surface area contributed by atoms with Crippen LogP contribution in [0.4, 0.5) is 5.69 Å². The molecule has 1 aromatic carbocycles. The molecule has 0 saturated heterocycles. The van der Waals surface area contributed by atoms with Crippen LogP contribution in [0, 0.1) is 10.1 Å². The second-order valence-corrected chi connectivity index (χ2v) is 6.50. The van der Waals surface area contributed by atoms with Crippen LogP contribution in [-0.4, -0.2) is 32.0 Å². The van der Waals surface area contributed by atoms with E-state index in [1.54, 1.807) is 6.92 Å². The molecule has 0 spiro atoms. The van der Waals surface area contributed by atoms with E-state index in [1.165, 1.54) is 18.2 Å². The van der Waals surface area contributed by atoms with E-state index in [4.69, 9.17) is 9.47 Å². The maximum absolute atomic E-state index is 10.8. The number of rotatable bonds is 6. The zero-order chi connectivity index (χ0) is 15.7. The first-order valence-electron chi connectivity index (χ1n) is 6.19. The SMILES string of the molecule is CC1(CCCOS(C)(=O)=O)Oc2ccc([N+](=O)[O-])cc2O1. The van der Waals surface area contributed by atoms with Crippen LogP contribution < -0.4 is 9.47 Å². The lowest BCUT2D eigenvalue weighted by Crippen LogP contribution is -2.34. The molecule has 0 aromatic heterocycles. The third-order valence-corrected chi connectivity index (χ3v) is 3.46. The van der Waals surface area contributed by atoms with Gasteiger partial charge in [0.1, 0.15) is 0 Å². The molecule has 1 aliphatic heterocycles. The average molecular weight is 317 g/mol. The fourth-order valence-electron chi connectivity index (χ4n) is 1.97. The maximum Gasteiger partial charge on any atom is 0.273 e. The molecule has 0 N–H and O–H groups in total. The second-order valence-electron chi connectivity index (χ2n) is 4.86. The molecule has 1 unspecified atom stereocenters. The van der Waals surface area contributed by atoms with Crippen molar-refractivity contribution in [3.8, 4) is 11.5 Å². The molecule has 9 heteroatoms. The summed E-state index contributed by atoms with van der Waals surface area (Å²) in [6.07, 6.45) is 1.76. The van der Waals surface area contributed by atoms with Gasteiger partial charge in [-0.3, -0.25) is 14.3 Å². The van der Waals surface area contributed by atoms with Crippen molar-refractivity contribution in [1.29, 1.82) is 0 Å². The van der Waals surface area contributed by atoms with Crippen LogP contribution in [0.2, 0.25) is 0 Å². The Kier molecular flexibility index (Phi) is 4.06. The molecule has 0 bridgehead atoms. The fourth-order valence-corrected chi connectivity index (χ4v) is 2.39. The Balaban J connectivity index is 1.96. The van der Waals surface area contributed by atoms with Crippen LogP contribution in [0.3, 0.4) is 0 Å². The minimum Gasteiger partial charge on any atom is -0.449 e. The van der Waals surface area contributed by atoms with E-state index in [0.717, 1.165) is 6.26 Å². The molecule has 8 nitrogen and oxygen atoms in total. The van der Waals surface area contributed by atoms with E-state index >= 15 is 0 Å². The maximum atomic E-state index is 10.8. The molecule has 2 rings (SSSR count). The molecule has 0 saturated carbocycles. The minimum atomic E-state index is -3.47. The summed E-state index contributed by atoms with van der Waals surface area (Å²) >= 11 is 0. The number of nitrogens with zero attached hydrogens (tertiary/aromatic N) is 1. The quantitative estimate of drug-likeness (QED) is 0.341. The van der Waals surface area contributed by atoms with Crippen molar-refractivity contribution in [2.45, 2.75) is 25.6 Å². The van der Waals surface area contributed by atoms with Crippen molar-refractivity contribution < 1.29 is 27.0 Å². The van der Waals surface area contributed by atoms with Crippen LogP contribution in [0.5, 0.6) is 11.5 Å². The number of nitro benzene ring substituents is 1. The first kappa shape index (κ1) is 15.5. The van der Waals surface area contributed by atoms with E-state index in [0.29, 0.717) is 24.3 Å². The van der Waals surface area contributed by atoms with Gasteiger partial charge in [0.25, 0.3) is 15.8 Å². The van der Waals surface area contributed by atoms with Gasteiger partial charge in [0.05, 0.1) is 23.9 Å². The number of hydrogen-bond donors (Lipinski definition) is 0. The standard InChI is InChI=1S/C12H15NO7S/c1-12(6-3-7-18-21(2,16)17)19-10-5-4-9(13(14)15)8-11(10)20-12/h4-5,8H,3,6-7H2,1-2H3. The summed E-state index contributed by atoms with van der Waals surface area (Å²) < 4.78 is 37.5. The highest BCUT2D eigenvalue weighted by Gasteiger charge is 2.37. The summed E-state index contributed by atoms with van der Waals surface area (Å²) in [5.74, 6) is -0.263. The molecule has 116 valence electrons. The number of nitro groups is 1. The van der Waals surface area contributed by atoms with E-state index in [2.05, 4.69) is 4.18 Å². The van der Waals surface area contributed by atoms with Crippen LogP contribution in [0.1, 0.15) is 19.8 Å². The first-order chi connectivity index (χ1) is 9.69. The van der Waals surface area contributed by atoms with Gasteiger partial charge in [-0.15, -0.1) is 0 Å². The number of ether oxygens (including phenoxy) is 2. The minimum absolute atomic E-state index is 0.0254. The highest BCUT2D eigenvalue weighted by molar-refractivity contribution is 7.85. The number of non-ortho nitro benzene ring substituents is 1. The molecular weight excluding hydrogens is 302 g/mol. The Labute approximate surface area is 121 Å². The van der Waals surface area contributed by atoms with Crippen molar-refractivity contribution in [1.82, 2.24) is 0 Å². The molecule has 0 radical (unpaired) electrons. The Morgan fingerprint density at radius 3 is 2.62 bits per heavy atom. The zero-order valence-corrected chi connectivity index (χ0v) is 12.4. The third kappa shape index (κ3) is 4.05. The van der Waals surface area contributed by atoms with Gasteiger partial charge in [-0.1, -0.05) is 0 Å². The van der Waals surface area contributed by atoms with Gasteiger partial charge < -0.3 is 9.47 Å². The lowest BCUT2D eigenvalue weighted by Gasteiger charge is -2.22. The summed E-state index contributed by atoms with van der Waals surface area (Å²) in [7, 11) is -3.47. The average Bonchev–Trinajstić information content (AvgIpc) is 2.69. The van der Waals surface area contributed by atoms with Crippen molar-refractivity contribution in [3.63, 3.8) is 0 Å². The smallest absolute Gasteiger partial charge is 0.273 e. The third-order valence-electron chi connectivity index (χ3n) is 2.86. The van der Waals surface area contributed by atoms with E-state index in [9.17, 15) is 18.5 Å². The lowest BCUT2D eigenvalue weighted by molar-refractivity contribution is -0.384. The summed E-state index contributed by atoms with van der Waals surface area (Å²) in [5, 5.41) is 10.7. The second kappa shape index (κ2) is 5.49. The zero-order valence-electron chi connectivity index (χ0n) is 11.6. The van der Waals surface area contributed by atoms with Crippen LogP contribution >= 0.6 is 0 Å². The summed E-state index contributed by atoms with van der Waals surface area (Å²) in [5.41, 5.74) is -0.0815. The predicted octanol–water partition coefficient (Wildman–Crippen LogP) is 1.84. The fraction of sp³-hybridized carbons (Fsp3) is 0.500. The molecule has 1 atom stereocenters. The predicted molar refractivity (Wildman–Crippen MR) is 72.8 cm³/mol. The monoisotopic (exact) mass is 317 g/mol. The van der Waals surface area contributed by atoms with Crippen LogP contribution in [0.25, 0.3) is 0 Å². The van der Waals surface area contributed by atoms with E-state index in [-0.39, 0.29) is 12.3 Å². The normalized spacial score (nSPS) is 20.5. The van der Waals surface area contributed by atoms with Crippen LogP contribution in [0.15, 0.2) is 18.2 Å². The lowest BCUT2D eigenvalue weighted by atomic mass is 10.2.